The Balaban J connectivity index is 1.45. The van der Waals surface area contributed by atoms with Crippen molar-refractivity contribution in [2.24, 2.45) is 0 Å². The number of esters is 1. The molecule has 1 aliphatic heterocycles. The number of fused-ring (bicyclic) bond motifs is 1. The standard InChI is InChI=1S/C32H35NO5/c1-3-23-8-7-10-25(16-23)29-18-24(22-37-30-11-6-5-9-26(30)20-31(34)36-4-2)17-27-19-28(38-32(27)29)21-33-12-14-35-15-13-33/h5-11,16-19H,3-4,12-15,20-22H2,1-2H3. The van der Waals surface area contributed by atoms with E-state index in [4.69, 9.17) is 18.6 Å². The Morgan fingerprint density at radius 2 is 1.79 bits per heavy atom. The fourth-order valence-electron chi connectivity index (χ4n) is 4.90. The molecule has 0 bridgehead atoms. The van der Waals surface area contributed by atoms with Crippen LogP contribution < -0.4 is 4.74 Å². The molecule has 1 aliphatic rings. The number of furan rings is 1. The molecular weight excluding hydrogens is 478 g/mol. The summed E-state index contributed by atoms with van der Waals surface area (Å²) in [6.45, 7) is 8.82. The molecule has 2 heterocycles. The number of para-hydroxylation sites is 1. The molecule has 0 saturated carbocycles. The van der Waals surface area contributed by atoms with Crippen molar-refractivity contribution in [2.45, 2.75) is 39.8 Å². The van der Waals surface area contributed by atoms with Gasteiger partial charge in [0.05, 0.1) is 32.8 Å². The Morgan fingerprint density at radius 1 is 0.947 bits per heavy atom. The summed E-state index contributed by atoms with van der Waals surface area (Å²) < 4.78 is 23.4. The molecule has 6 nitrogen and oxygen atoms in total. The fourth-order valence-corrected chi connectivity index (χ4v) is 4.90. The molecule has 1 fully saturated rings. The number of benzene rings is 3. The summed E-state index contributed by atoms with van der Waals surface area (Å²) in [4.78, 5) is 14.4. The highest BCUT2D eigenvalue weighted by Crippen LogP contribution is 2.34. The van der Waals surface area contributed by atoms with Crippen LogP contribution in [0.4, 0.5) is 0 Å². The minimum Gasteiger partial charge on any atom is -0.489 e. The van der Waals surface area contributed by atoms with Crippen LogP contribution in [0.2, 0.25) is 0 Å². The number of carbonyl (C=O) groups excluding carboxylic acids is 1. The molecule has 1 aromatic heterocycles. The van der Waals surface area contributed by atoms with Crippen molar-refractivity contribution in [3.8, 4) is 16.9 Å². The number of aryl methyl sites for hydroxylation is 1. The van der Waals surface area contributed by atoms with Gasteiger partial charge in [-0.3, -0.25) is 9.69 Å². The summed E-state index contributed by atoms with van der Waals surface area (Å²) in [7, 11) is 0. The zero-order chi connectivity index (χ0) is 26.3. The number of hydrogen-bond donors (Lipinski definition) is 0. The van der Waals surface area contributed by atoms with Crippen molar-refractivity contribution in [1.82, 2.24) is 4.90 Å². The highest BCUT2D eigenvalue weighted by Gasteiger charge is 2.17. The second-order valence-corrected chi connectivity index (χ2v) is 9.60. The number of morpholine rings is 1. The van der Waals surface area contributed by atoms with Crippen LogP contribution in [-0.4, -0.2) is 43.8 Å². The minimum atomic E-state index is -0.255. The number of carbonyl (C=O) groups is 1. The van der Waals surface area contributed by atoms with Crippen molar-refractivity contribution in [1.29, 1.82) is 0 Å². The molecule has 0 spiro atoms. The first-order valence-corrected chi connectivity index (χ1v) is 13.4. The molecular formula is C32H35NO5. The molecule has 198 valence electrons. The zero-order valence-electron chi connectivity index (χ0n) is 22.2. The van der Waals surface area contributed by atoms with Gasteiger partial charge in [0, 0.05) is 29.6 Å². The van der Waals surface area contributed by atoms with Gasteiger partial charge in [-0.25, -0.2) is 0 Å². The Bertz CT molecular complexity index is 1390. The van der Waals surface area contributed by atoms with Gasteiger partial charge in [-0.1, -0.05) is 49.4 Å². The van der Waals surface area contributed by atoms with Gasteiger partial charge in [-0.2, -0.15) is 0 Å². The lowest BCUT2D eigenvalue weighted by Gasteiger charge is -2.25. The van der Waals surface area contributed by atoms with Crippen LogP contribution in [0.5, 0.6) is 5.75 Å². The molecule has 0 aliphatic carbocycles. The van der Waals surface area contributed by atoms with Crippen LogP contribution in [0.15, 0.2) is 71.1 Å². The summed E-state index contributed by atoms with van der Waals surface area (Å²) in [6, 6.07) is 22.7. The van der Waals surface area contributed by atoms with Gasteiger partial charge in [-0.05, 0) is 54.3 Å². The Hall–Kier alpha value is -3.61. The van der Waals surface area contributed by atoms with E-state index in [-0.39, 0.29) is 12.4 Å². The Kier molecular flexibility index (Phi) is 8.41. The molecule has 1 saturated heterocycles. The second kappa shape index (κ2) is 12.3. The summed E-state index contributed by atoms with van der Waals surface area (Å²) in [5.41, 5.74) is 6.23. The first kappa shape index (κ1) is 26.0. The van der Waals surface area contributed by atoms with E-state index in [0.29, 0.717) is 19.0 Å². The number of ether oxygens (including phenoxy) is 3. The average molecular weight is 514 g/mol. The van der Waals surface area contributed by atoms with E-state index in [1.54, 1.807) is 0 Å². The monoisotopic (exact) mass is 513 g/mol. The quantitative estimate of drug-likeness (QED) is 0.236. The van der Waals surface area contributed by atoms with Gasteiger partial charge < -0.3 is 18.6 Å². The largest absolute Gasteiger partial charge is 0.489 e. The molecule has 0 atom stereocenters. The molecule has 4 aromatic rings. The van der Waals surface area contributed by atoms with Crippen LogP contribution in [0, 0.1) is 0 Å². The molecule has 38 heavy (non-hydrogen) atoms. The Morgan fingerprint density at radius 3 is 2.61 bits per heavy atom. The molecule has 3 aromatic carbocycles. The lowest BCUT2D eigenvalue weighted by molar-refractivity contribution is -0.142. The molecule has 0 unspecified atom stereocenters. The van der Waals surface area contributed by atoms with Gasteiger partial charge in [0.1, 0.15) is 23.7 Å². The van der Waals surface area contributed by atoms with Gasteiger partial charge in [-0.15, -0.1) is 0 Å². The number of rotatable bonds is 10. The van der Waals surface area contributed by atoms with Crippen molar-refractivity contribution < 1.29 is 23.4 Å². The molecule has 0 radical (unpaired) electrons. The summed E-state index contributed by atoms with van der Waals surface area (Å²) in [6.07, 6.45) is 1.15. The van der Waals surface area contributed by atoms with E-state index in [1.165, 1.54) is 5.56 Å². The van der Waals surface area contributed by atoms with Gasteiger partial charge in [0.2, 0.25) is 0 Å². The van der Waals surface area contributed by atoms with E-state index >= 15 is 0 Å². The lowest BCUT2D eigenvalue weighted by Crippen LogP contribution is -2.35. The van der Waals surface area contributed by atoms with Crippen molar-refractivity contribution in [3.05, 3.63) is 89.2 Å². The van der Waals surface area contributed by atoms with Crippen molar-refractivity contribution >= 4 is 16.9 Å². The normalized spacial score (nSPS) is 14.1. The molecule has 6 heteroatoms. The first-order chi connectivity index (χ1) is 18.6. The van der Waals surface area contributed by atoms with Crippen LogP contribution in [0.1, 0.15) is 36.3 Å². The molecule has 0 N–H and O–H groups in total. The second-order valence-electron chi connectivity index (χ2n) is 9.60. The van der Waals surface area contributed by atoms with E-state index in [0.717, 1.165) is 78.3 Å². The molecule has 5 rings (SSSR count). The highest BCUT2D eigenvalue weighted by molar-refractivity contribution is 5.93. The van der Waals surface area contributed by atoms with E-state index in [2.05, 4.69) is 54.3 Å². The van der Waals surface area contributed by atoms with Gasteiger partial charge in [0.15, 0.2) is 0 Å². The summed E-state index contributed by atoms with van der Waals surface area (Å²) >= 11 is 0. The third-order valence-corrected chi connectivity index (χ3v) is 6.86. The summed E-state index contributed by atoms with van der Waals surface area (Å²) in [5, 5.41) is 1.06. The summed E-state index contributed by atoms with van der Waals surface area (Å²) in [5.74, 6) is 1.39. The smallest absolute Gasteiger partial charge is 0.310 e. The third kappa shape index (κ3) is 6.26. The number of nitrogens with zero attached hydrogens (tertiary/aromatic N) is 1. The van der Waals surface area contributed by atoms with Crippen molar-refractivity contribution in [2.75, 3.05) is 32.9 Å². The topological polar surface area (TPSA) is 61.1 Å². The maximum Gasteiger partial charge on any atom is 0.310 e. The number of hydrogen-bond acceptors (Lipinski definition) is 6. The van der Waals surface area contributed by atoms with Crippen LogP contribution in [0.3, 0.4) is 0 Å². The minimum absolute atomic E-state index is 0.185. The average Bonchev–Trinajstić information content (AvgIpc) is 3.35. The lowest BCUT2D eigenvalue weighted by atomic mass is 9.98. The van der Waals surface area contributed by atoms with Crippen LogP contribution in [0.25, 0.3) is 22.1 Å². The first-order valence-electron chi connectivity index (χ1n) is 13.4. The van der Waals surface area contributed by atoms with Crippen molar-refractivity contribution in [3.63, 3.8) is 0 Å². The van der Waals surface area contributed by atoms with Gasteiger partial charge >= 0.3 is 5.97 Å². The fraction of sp³-hybridized carbons (Fsp3) is 0.344. The third-order valence-electron chi connectivity index (χ3n) is 6.86. The highest BCUT2D eigenvalue weighted by atomic mass is 16.5. The predicted molar refractivity (Wildman–Crippen MR) is 148 cm³/mol. The van der Waals surface area contributed by atoms with E-state index in [9.17, 15) is 4.79 Å². The maximum atomic E-state index is 12.1. The SMILES string of the molecule is CCOC(=O)Cc1ccccc1OCc1cc(-c2cccc(CC)c2)c2oc(CN3CCOCC3)cc2c1. The van der Waals surface area contributed by atoms with Crippen LogP contribution in [-0.2, 0) is 40.3 Å². The van der Waals surface area contributed by atoms with Crippen LogP contribution >= 0.6 is 0 Å². The molecule has 0 amide bonds. The van der Waals surface area contributed by atoms with E-state index in [1.807, 2.05) is 31.2 Å². The van der Waals surface area contributed by atoms with Gasteiger partial charge in [0.25, 0.3) is 0 Å². The van der Waals surface area contributed by atoms with E-state index < -0.39 is 0 Å². The Labute approximate surface area is 224 Å². The zero-order valence-corrected chi connectivity index (χ0v) is 22.2. The predicted octanol–water partition coefficient (Wildman–Crippen LogP) is 6.18. The maximum absolute atomic E-state index is 12.1.